The molecule has 0 nitrogen and oxygen atoms in total. The second kappa shape index (κ2) is 59.6. The van der Waals surface area contributed by atoms with Gasteiger partial charge in [-0.15, -0.1) is 0 Å². The zero-order valence-electron chi connectivity index (χ0n) is 5.85. The van der Waals surface area contributed by atoms with Crippen molar-refractivity contribution in [1.29, 1.82) is 0 Å². The Morgan fingerprint density at radius 1 is 0.200 bits per heavy atom. The van der Waals surface area contributed by atoms with Gasteiger partial charge in [-0.05, 0) is 0 Å². The van der Waals surface area contributed by atoms with Crippen molar-refractivity contribution >= 4 is 264 Å². The molecule has 0 saturated carbocycles. The Bertz CT molecular complexity index is 8.81. The summed E-state index contributed by atoms with van der Waals surface area (Å²) >= 11 is 0. The summed E-state index contributed by atoms with van der Waals surface area (Å²) in [6.45, 7) is 0. The standard InChI is InChI=1S/3Au.7Ca. The van der Waals surface area contributed by atoms with Gasteiger partial charge in [-0.3, -0.25) is 0 Å². The van der Waals surface area contributed by atoms with Gasteiger partial charge in [-0.1, -0.05) is 0 Å². The zero-order valence-corrected chi connectivity index (χ0v) is 27.8. The molecular formula is Au3Ca7. The fourth-order valence-electron chi connectivity index (χ4n) is 0. The molecule has 0 spiro atoms. The maximum Gasteiger partial charge on any atom is 0 e. The van der Waals surface area contributed by atoms with E-state index in [-0.39, 0.29) is 331 Å². The van der Waals surface area contributed by atoms with Crippen LogP contribution in [-0.4, -0.2) is 264 Å². The van der Waals surface area contributed by atoms with E-state index in [9.17, 15) is 0 Å². The van der Waals surface area contributed by atoms with E-state index < -0.39 is 0 Å². The van der Waals surface area contributed by atoms with Gasteiger partial charge in [-0.2, -0.15) is 0 Å². The normalized spacial score (nSPS) is 0. The van der Waals surface area contributed by atoms with Crippen LogP contribution in [0.5, 0.6) is 0 Å². The van der Waals surface area contributed by atoms with Crippen molar-refractivity contribution in [3.8, 4) is 0 Å². The molecule has 0 aliphatic heterocycles. The molecule has 0 fully saturated rings. The summed E-state index contributed by atoms with van der Waals surface area (Å²) in [5, 5.41) is 0. The van der Waals surface area contributed by atoms with Gasteiger partial charge in [0.25, 0.3) is 0 Å². The summed E-state index contributed by atoms with van der Waals surface area (Å²) < 4.78 is 0. The van der Waals surface area contributed by atoms with Crippen LogP contribution in [-0.2, 0) is 67.1 Å². The van der Waals surface area contributed by atoms with Gasteiger partial charge in [0, 0.05) is 331 Å². The molecule has 0 heterocycles. The maximum atomic E-state index is 0. The Labute approximate surface area is 319 Å². The third-order valence-corrected chi connectivity index (χ3v) is 0. The first-order valence-electron chi connectivity index (χ1n) is 0. The fourth-order valence-corrected chi connectivity index (χ4v) is 0. The van der Waals surface area contributed by atoms with Gasteiger partial charge in [0.1, 0.15) is 0 Å². The Hall–Kier alpha value is 11.0. The molecule has 0 aromatic rings. The largest absolute Gasteiger partial charge is 0 e. The van der Waals surface area contributed by atoms with Gasteiger partial charge in [0.2, 0.25) is 0 Å². The van der Waals surface area contributed by atoms with E-state index in [0.717, 1.165) is 0 Å². The molecule has 0 aromatic carbocycles. The van der Waals surface area contributed by atoms with Crippen LogP contribution < -0.4 is 0 Å². The van der Waals surface area contributed by atoms with E-state index in [4.69, 9.17) is 0 Å². The minimum Gasteiger partial charge on any atom is 0 e. The van der Waals surface area contributed by atoms with E-state index in [1.54, 1.807) is 0 Å². The van der Waals surface area contributed by atoms with Crippen LogP contribution in [0.4, 0.5) is 0 Å². The predicted molar refractivity (Wildman–Crippen MR) is 40.3 cm³/mol. The monoisotopic (exact) mass is 871 g/mol. The van der Waals surface area contributed by atoms with Gasteiger partial charge >= 0.3 is 0 Å². The zero-order chi connectivity index (χ0) is 0. The molecule has 0 bridgehead atoms. The van der Waals surface area contributed by atoms with Crippen molar-refractivity contribution in [2.75, 3.05) is 0 Å². The molecular weight excluding hydrogens is 871 g/mol. The van der Waals surface area contributed by atoms with Crippen molar-refractivity contribution in [3.63, 3.8) is 0 Å². The molecule has 0 aliphatic rings. The Kier molecular flexibility index (Phi) is 413. The molecule has 0 saturated heterocycles. The third-order valence-electron chi connectivity index (χ3n) is 0. The molecule has 0 unspecified atom stereocenters. The first kappa shape index (κ1) is 69.3. The van der Waals surface area contributed by atoms with Crippen LogP contribution in [0.1, 0.15) is 0 Å². The van der Waals surface area contributed by atoms with Crippen LogP contribution in [0, 0.1) is 0 Å². The van der Waals surface area contributed by atoms with Gasteiger partial charge in [0.15, 0.2) is 0 Å². The smallest absolute Gasteiger partial charge is 0 e. The van der Waals surface area contributed by atoms with Crippen LogP contribution in [0.15, 0.2) is 0 Å². The first-order chi connectivity index (χ1) is 0. The Balaban J connectivity index is 0. The minimum absolute atomic E-state index is 0. The number of rotatable bonds is 0. The van der Waals surface area contributed by atoms with Crippen LogP contribution in [0.25, 0.3) is 0 Å². The van der Waals surface area contributed by atoms with Gasteiger partial charge in [0.05, 0.1) is 0 Å². The molecule has 47 valence electrons. The predicted octanol–water partition coefficient (Wildman–Crippen LogP) is -2.67. The van der Waals surface area contributed by atoms with E-state index in [2.05, 4.69) is 0 Å². The number of hydrogen-bond donors (Lipinski definition) is 0. The minimum atomic E-state index is 0. The van der Waals surface area contributed by atoms with Crippen molar-refractivity contribution in [1.82, 2.24) is 0 Å². The van der Waals surface area contributed by atoms with Crippen molar-refractivity contribution in [3.05, 3.63) is 0 Å². The molecule has 10 heteroatoms. The van der Waals surface area contributed by atoms with E-state index in [1.807, 2.05) is 0 Å². The molecule has 17 radical (unpaired) electrons. The molecule has 0 amide bonds. The number of hydrogen-bond acceptors (Lipinski definition) is 0. The molecule has 10 heavy (non-hydrogen) atoms. The summed E-state index contributed by atoms with van der Waals surface area (Å²) in [5.41, 5.74) is 0. The van der Waals surface area contributed by atoms with E-state index >= 15 is 0 Å². The maximum absolute atomic E-state index is 0. The van der Waals surface area contributed by atoms with Crippen molar-refractivity contribution < 1.29 is 67.1 Å². The summed E-state index contributed by atoms with van der Waals surface area (Å²) in [5.74, 6) is 0. The molecule has 0 atom stereocenters. The van der Waals surface area contributed by atoms with E-state index in [0.29, 0.717) is 0 Å². The third kappa shape index (κ3) is 50.8. The summed E-state index contributed by atoms with van der Waals surface area (Å²) in [6.07, 6.45) is 0. The molecule has 0 N–H and O–H groups in total. The Morgan fingerprint density at radius 2 is 0.200 bits per heavy atom. The van der Waals surface area contributed by atoms with Crippen molar-refractivity contribution in [2.45, 2.75) is 0 Å². The first-order valence-corrected chi connectivity index (χ1v) is 0. The Morgan fingerprint density at radius 3 is 0.200 bits per heavy atom. The molecule has 0 aromatic heterocycles. The summed E-state index contributed by atoms with van der Waals surface area (Å²) in [6, 6.07) is 0. The second-order valence-corrected chi connectivity index (χ2v) is 0. The second-order valence-electron chi connectivity index (χ2n) is 0. The van der Waals surface area contributed by atoms with Gasteiger partial charge < -0.3 is 0 Å². The fraction of sp³-hybridized carbons (Fsp3) is 0. The molecule has 0 aliphatic carbocycles. The van der Waals surface area contributed by atoms with E-state index in [1.165, 1.54) is 0 Å². The van der Waals surface area contributed by atoms with Crippen LogP contribution in [0.3, 0.4) is 0 Å². The summed E-state index contributed by atoms with van der Waals surface area (Å²) in [7, 11) is 0. The van der Waals surface area contributed by atoms with Crippen LogP contribution >= 0.6 is 0 Å². The molecule has 0 rings (SSSR count). The average molecular weight is 871 g/mol. The average Bonchev–Trinajstić information content (AvgIpc) is 0. The van der Waals surface area contributed by atoms with Crippen LogP contribution in [0.2, 0.25) is 0 Å². The summed E-state index contributed by atoms with van der Waals surface area (Å²) in [4.78, 5) is 0. The quantitative estimate of drug-likeness (QED) is 0.234. The van der Waals surface area contributed by atoms with Crippen molar-refractivity contribution in [2.24, 2.45) is 0 Å². The van der Waals surface area contributed by atoms with Gasteiger partial charge in [-0.25, -0.2) is 0 Å². The SMILES string of the molecule is [Au].[Au].[Au].[Ca].[Ca].[Ca].[Ca].[Ca].[Ca].[Ca]. The topological polar surface area (TPSA) is 0 Å².